The summed E-state index contributed by atoms with van der Waals surface area (Å²) in [6.45, 7) is 1.74. The Bertz CT molecular complexity index is 488. The van der Waals surface area contributed by atoms with E-state index in [0.717, 1.165) is 5.56 Å². The molecule has 1 atom stereocenters. The highest BCUT2D eigenvalue weighted by Crippen LogP contribution is 2.19. The van der Waals surface area contributed by atoms with E-state index in [2.05, 4.69) is 5.32 Å². The van der Waals surface area contributed by atoms with E-state index in [0.29, 0.717) is 12.2 Å². The SMILES string of the molecule is C[C@](O)(CNC(=O)Cc1ccsc1)c1ccco1. The molecule has 4 nitrogen and oxygen atoms in total. The van der Waals surface area contributed by atoms with E-state index < -0.39 is 5.60 Å². The molecule has 0 saturated carbocycles. The van der Waals surface area contributed by atoms with Crippen LogP contribution in [0.2, 0.25) is 0 Å². The molecule has 2 aromatic rings. The van der Waals surface area contributed by atoms with Crippen molar-refractivity contribution in [3.05, 3.63) is 46.5 Å². The minimum Gasteiger partial charge on any atom is -0.466 e. The number of rotatable bonds is 5. The average molecular weight is 265 g/mol. The van der Waals surface area contributed by atoms with Crippen molar-refractivity contribution in [1.82, 2.24) is 5.32 Å². The van der Waals surface area contributed by atoms with E-state index in [1.807, 2.05) is 16.8 Å². The molecule has 96 valence electrons. The summed E-state index contributed by atoms with van der Waals surface area (Å²) < 4.78 is 5.14. The summed E-state index contributed by atoms with van der Waals surface area (Å²) in [4.78, 5) is 11.7. The minimum atomic E-state index is -1.19. The molecular weight excluding hydrogens is 250 g/mol. The smallest absolute Gasteiger partial charge is 0.224 e. The summed E-state index contributed by atoms with van der Waals surface area (Å²) in [5, 5.41) is 16.7. The van der Waals surface area contributed by atoms with Crippen molar-refractivity contribution in [3.8, 4) is 0 Å². The fourth-order valence-electron chi connectivity index (χ4n) is 1.58. The molecule has 0 aliphatic carbocycles. The van der Waals surface area contributed by atoms with Crippen molar-refractivity contribution in [2.45, 2.75) is 18.9 Å². The second-order valence-corrected chi connectivity index (χ2v) is 5.12. The van der Waals surface area contributed by atoms with Gasteiger partial charge in [-0.25, -0.2) is 0 Å². The molecule has 2 N–H and O–H groups in total. The Morgan fingerprint density at radius 2 is 2.39 bits per heavy atom. The van der Waals surface area contributed by atoms with Crippen molar-refractivity contribution in [3.63, 3.8) is 0 Å². The average Bonchev–Trinajstić information content (AvgIpc) is 2.99. The molecule has 2 heterocycles. The van der Waals surface area contributed by atoms with Crippen LogP contribution in [0.25, 0.3) is 0 Å². The molecule has 0 unspecified atom stereocenters. The highest BCUT2D eigenvalue weighted by Gasteiger charge is 2.26. The van der Waals surface area contributed by atoms with Gasteiger partial charge in [-0.3, -0.25) is 4.79 Å². The van der Waals surface area contributed by atoms with Crippen LogP contribution in [0, 0.1) is 0 Å². The maximum Gasteiger partial charge on any atom is 0.224 e. The molecule has 0 spiro atoms. The molecule has 0 saturated heterocycles. The van der Waals surface area contributed by atoms with E-state index >= 15 is 0 Å². The van der Waals surface area contributed by atoms with Gasteiger partial charge in [0.05, 0.1) is 19.2 Å². The highest BCUT2D eigenvalue weighted by atomic mass is 32.1. The third-order valence-electron chi connectivity index (χ3n) is 2.63. The van der Waals surface area contributed by atoms with Gasteiger partial charge in [-0.15, -0.1) is 0 Å². The van der Waals surface area contributed by atoms with Crippen LogP contribution in [0.15, 0.2) is 39.6 Å². The standard InChI is InChI=1S/C13H15NO3S/c1-13(16,11-3-2-5-17-11)9-14-12(15)7-10-4-6-18-8-10/h2-6,8,16H,7,9H2,1H3,(H,14,15)/t13-/m0/s1. The largest absolute Gasteiger partial charge is 0.466 e. The first-order valence-corrected chi connectivity index (χ1v) is 6.56. The number of hydrogen-bond donors (Lipinski definition) is 2. The highest BCUT2D eigenvalue weighted by molar-refractivity contribution is 7.07. The number of aliphatic hydroxyl groups is 1. The lowest BCUT2D eigenvalue weighted by Crippen LogP contribution is -2.38. The summed E-state index contributed by atoms with van der Waals surface area (Å²) in [7, 11) is 0. The summed E-state index contributed by atoms with van der Waals surface area (Å²) >= 11 is 1.56. The Hall–Kier alpha value is -1.59. The molecule has 2 rings (SSSR count). The number of carbonyl (C=O) groups is 1. The second kappa shape index (κ2) is 5.37. The lowest BCUT2D eigenvalue weighted by atomic mass is 10.0. The molecule has 1 amide bonds. The molecular formula is C13H15NO3S. The van der Waals surface area contributed by atoms with Gasteiger partial charge < -0.3 is 14.8 Å². The molecule has 18 heavy (non-hydrogen) atoms. The van der Waals surface area contributed by atoms with Gasteiger partial charge in [-0.2, -0.15) is 11.3 Å². The zero-order chi connectivity index (χ0) is 13.0. The predicted octanol–water partition coefficient (Wildman–Crippen LogP) is 1.91. The van der Waals surface area contributed by atoms with E-state index in [1.54, 1.807) is 30.4 Å². The Morgan fingerprint density at radius 3 is 3.00 bits per heavy atom. The van der Waals surface area contributed by atoms with Crippen LogP contribution in [0.4, 0.5) is 0 Å². The first-order valence-electron chi connectivity index (χ1n) is 5.62. The van der Waals surface area contributed by atoms with E-state index in [9.17, 15) is 9.90 Å². The number of carbonyl (C=O) groups excluding carboxylic acids is 1. The van der Waals surface area contributed by atoms with E-state index in [-0.39, 0.29) is 12.5 Å². The monoisotopic (exact) mass is 265 g/mol. The van der Waals surface area contributed by atoms with Gasteiger partial charge in [-0.1, -0.05) is 0 Å². The molecule has 2 aromatic heterocycles. The first kappa shape index (κ1) is 12.9. The number of amides is 1. The topological polar surface area (TPSA) is 62.5 Å². The van der Waals surface area contributed by atoms with E-state index in [4.69, 9.17) is 4.42 Å². The number of thiophene rings is 1. The summed E-state index contributed by atoms with van der Waals surface area (Å²) in [5.41, 5.74) is -0.205. The lowest BCUT2D eigenvalue weighted by molar-refractivity contribution is -0.121. The number of nitrogens with one attached hydrogen (secondary N) is 1. The minimum absolute atomic E-state index is 0.111. The zero-order valence-corrected chi connectivity index (χ0v) is 10.9. The van der Waals surface area contributed by atoms with Crippen molar-refractivity contribution >= 4 is 17.2 Å². The fourth-order valence-corrected chi connectivity index (χ4v) is 2.25. The van der Waals surface area contributed by atoms with Crippen molar-refractivity contribution in [2.75, 3.05) is 6.54 Å². The Kier molecular flexibility index (Phi) is 3.84. The van der Waals surface area contributed by atoms with Crippen LogP contribution in [0.3, 0.4) is 0 Å². The lowest BCUT2D eigenvalue weighted by Gasteiger charge is -2.21. The maximum absolute atomic E-state index is 11.7. The summed E-state index contributed by atoms with van der Waals surface area (Å²) in [5.74, 6) is 0.332. The van der Waals surface area contributed by atoms with Crippen LogP contribution in [-0.4, -0.2) is 17.6 Å². The molecule has 0 aliphatic rings. The molecule has 5 heteroatoms. The predicted molar refractivity (Wildman–Crippen MR) is 69.3 cm³/mol. The van der Waals surface area contributed by atoms with Crippen molar-refractivity contribution in [1.29, 1.82) is 0 Å². The Labute approximate surface area is 109 Å². The molecule has 0 aliphatic heterocycles. The molecule has 0 radical (unpaired) electrons. The van der Waals surface area contributed by atoms with Gasteiger partial charge in [0.25, 0.3) is 0 Å². The van der Waals surface area contributed by atoms with Gasteiger partial charge in [0.15, 0.2) is 0 Å². The van der Waals surface area contributed by atoms with Crippen LogP contribution in [0.1, 0.15) is 18.2 Å². The zero-order valence-electron chi connectivity index (χ0n) is 10.1. The molecule has 0 fully saturated rings. The fraction of sp³-hybridized carbons (Fsp3) is 0.308. The number of hydrogen-bond acceptors (Lipinski definition) is 4. The van der Waals surface area contributed by atoms with Crippen molar-refractivity contribution in [2.24, 2.45) is 0 Å². The summed E-state index contributed by atoms with van der Waals surface area (Å²) in [6, 6.07) is 5.30. The van der Waals surface area contributed by atoms with E-state index in [1.165, 1.54) is 6.26 Å². The maximum atomic E-state index is 11.7. The quantitative estimate of drug-likeness (QED) is 0.868. The Morgan fingerprint density at radius 1 is 1.56 bits per heavy atom. The summed E-state index contributed by atoms with van der Waals surface area (Å²) in [6.07, 6.45) is 1.83. The van der Waals surface area contributed by atoms with Gasteiger partial charge in [0, 0.05) is 0 Å². The number of furan rings is 1. The van der Waals surface area contributed by atoms with Crippen LogP contribution in [0.5, 0.6) is 0 Å². The van der Waals surface area contributed by atoms with Gasteiger partial charge in [-0.05, 0) is 41.4 Å². The first-order chi connectivity index (χ1) is 8.58. The van der Waals surface area contributed by atoms with Crippen molar-refractivity contribution < 1.29 is 14.3 Å². The van der Waals surface area contributed by atoms with Gasteiger partial charge >= 0.3 is 0 Å². The van der Waals surface area contributed by atoms with Gasteiger partial charge in [0.2, 0.25) is 5.91 Å². The third-order valence-corrected chi connectivity index (χ3v) is 3.36. The molecule has 0 bridgehead atoms. The third kappa shape index (κ3) is 3.21. The van der Waals surface area contributed by atoms with Crippen LogP contribution >= 0.6 is 11.3 Å². The second-order valence-electron chi connectivity index (χ2n) is 4.34. The van der Waals surface area contributed by atoms with Crippen LogP contribution < -0.4 is 5.32 Å². The van der Waals surface area contributed by atoms with Crippen LogP contribution in [-0.2, 0) is 16.8 Å². The molecule has 0 aromatic carbocycles. The normalized spacial score (nSPS) is 14.1. The Balaban J connectivity index is 1.86. The van der Waals surface area contributed by atoms with Gasteiger partial charge in [0.1, 0.15) is 11.4 Å².